The molecule has 5 nitrogen and oxygen atoms in total. The first-order chi connectivity index (χ1) is 11.8. The molecule has 24 heavy (non-hydrogen) atoms. The van der Waals surface area contributed by atoms with Crippen molar-refractivity contribution in [1.29, 1.82) is 0 Å². The van der Waals surface area contributed by atoms with E-state index in [1.165, 1.54) is 11.3 Å². The Morgan fingerprint density at radius 1 is 1.21 bits per heavy atom. The van der Waals surface area contributed by atoms with Gasteiger partial charge in [-0.2, -0.15) is 0 Å². The molecular weight excluding hydrogens is 344 g/mol. The Bertz CT molecular complexity index is 819. The number of carbonyl (C=O) groups is 1. The average Bonchev–Trinajstić information content (AvgIpc) is 3.27. The van der Waals surface area contributed by atoms with Crippen molar-refractivity contribution in [2.45, 2.75) is 6.10 Å². The zero-order valence-electron chi connectivity index (χ0n) is 12.9. The van der Waals surface area contributed by atoms with E-state index in [0.29, 0.717) is 31.2 Å². The average molecular weight is 360 g/mol. The highest BCUT2D eigenvalue weighted by molar-refractivity contribution is 7.26. The number of thiophene rings is 1. The molecule has 1 aliphatic rings. The van der Waals surface area contributed by atoms with Gasteiger partial charge in [-0.15, -0.1) is 22.7 Å². The number of carbonyl (C=O) groups excluding carboxylic acids is 1. The zero-order valence-corrected chi connectivity index (χ0v) is 14.5. The van der Waals surface area contributed by atoms with Gasteiger partial charge in [0.1, 0.15) is 5.01 Å². The second-order valence-electron chi connectivity index (χ2n) is 5.43. The fourth-order valence-electron chi connectivity index (χ4n) is 2.50. The highest BCUT2D eigenvalue weighted by atomic mass is 32.1. The fourth-order valence-corrected chi connectivity index (χ4v) is 4.44. The van der Waals surface area contributed by atoms with Gasteiger partial charge in [0.15, 0.2) is 0 Å². The van der Waals surface area contributed by atoms with Crippen LogP contribution in [0, 0.1) is 0 Å². The minimum Gasteiger partial charge on any atom is -0.376 e. The quantitative estimate of drug-likeness (QED) is 0.776. The lowest BCUT2D eigenvalue weighted by atomic mass is 10.3. The molecule has 2 aromatic heterocycles. The largest absolute Gasteiger partial charge is 0.376 e. The molecule has 1 aromatic carbocycles. The molecule has 1 fully saturated rings. The SMILES string of the molecule is O=C(NCC1COCCO1)c1ccc(-c2nc3ccccc3s2)s1. The molecule has 0 saturated carbocycles. The smallest absolute Gasteiger partial charge is 0.261 e. The second-order valence-corrected chi connectivity index (χ2v) is 7.54. The van der Waals surface area contributed by atoms with Crippen LogP contribution in [-0.2, 0) is 9.47 Å². The summed E-state index contributed by atoms with van der Waals surface area (Å²) < 4.78 is 12.0. The van der Waals surface area contributed by atoms with Gasteiger partial charge in [0.2, 0.25) is 0 Å². The summed E-state index contributed by atoms with van der Waals surface area (Å²) in [5.41, 5.74) is 0.992. The van der Waals surface area contributed by atoms with Gasteiger partial charge in [-0.25, -0.2) is 4.98 Å². The van der Waals surface area contributed by atoms with E-state index < -0.39 is 0 Å². The topological polar surface area (TPSA) is 60.5 Å². The van der Waals surface area contributed by atoms with Crippen LogP contribution in [0.3, 0.4) is 0 Å². The fraction of sp³-hybridized carbons (Fsp3) is 0.294. The number of fused-ring (bicyclic) bond motifs is 1. The Morgan fingerprint density at radius 3 is 2.96 bits per heavy atom. The van der Waals surface area contributed by atoms with Crippen molar-refractivity contribution in [3.05, 3.63) is 41.3 Å². The minimum absolute atomic E-state index is 0.0635. The number of hydrogen-bond acceptors (Lipinski definition) is 6. The maximum Gasteiger partial charge on any atom is 0.261 e. The third kappa shape index (κ3) is 3.34. The van der Waals surface area contributed by atoms with Gasteiger partial charge in [0.25, 0.3) is 5.91 Å². The summed E-state index contributed by atoms with van der Waals surface area (Å²) in [7, 11) is 0. The van der Waals surface area contributed by atoms with E-state index in [4.69, 9.17) is 9.47 Å². The molecule has 3 heterocycles. The third-order valence-corrected chi connectivity index (χ3v) is 6.00. The number of nitrogens with one attached hydrogen (secondary N) is 1. The molecule has 0 bridgehead atoms. The van der Waals surface area contributed by atoms with Crippen LogP contribution in [0.25, 0.3) is 20.1 Å². The first-order valence-electron chi connectivity index (χ1n) is 7.73. The van der Waals surface area contributed by atoms with Crippen LogP contribution in [0.2, 0.25) is 0 Å². The van der Waals surface area contributed by atoms with E-state index >= 15 is 0 Å². The van der Waals surface area contributed by atoms with Crippen molar-refractivity contribution >= 4 is 38.8 Å². The highest BCUT2D eigenvalue weighted by Gasteiger charge is 2.17. The lowest BCUT2D eigenvalue weighted by Crippen LogP contribution is -2.39. The Balaban J connectivity index is 1.44. The number of para-hydroxylation sites is 1. The van der Waals surface area contributed by atoms with E-state index in [0.717, 1.165) is 20.1 Å². The molecule has 0 aliphatic carbocycles. The van der Waals surface area contributed by atoms with Gasteiger partial charge in [-0.1, -0.05) is 12.1 Å². The summed E-state index contributed by atoms with van der Waals surface area (Å²) in [6.07, 6.45) is -0.0635. The predicted octanol–water partition coefficient (Wildman–Crippen LogP) is 3.17. The van der Waals surface area contributed by atoms with Gasteiger partial charge < -0.3 is 14.8 Å². The Morgan fingerprint density at radius 2 is 2.12 bits per heavy atom. The van der Waals surface area contributed by atoms with E-state index in [2.05, 4.69) is 16.4 Å². The number of nitrogens with zero attached hydrogens (tertiary/aromatic N) is 1. The van der Waals surface area contributed by atoms with Gasteiger partial charge in [-0.3, -0.25) is 4.79 Å². The summed E-state index contributed by atoms with van der Waals surface area (Å²) in [4.78, 5) is 18.6. The molecule has 7 heteroatoms. The van der Waals surface area contributed by atoms with Crippen molar-refractivity contribution in [3.63, 3.8) is 0 Å². The first-order valence-corrected chi connectivity index (χ1v) is 9.36. The lowest BCUT2D eigenvalue weighted by Gasteiger charge is -2.22. The molecule has 1 aliphatic heterocycles. The normalized spacial score (nSPS) is 17.9. The summed E-state index contributed by atoms with van der Waals surface area (Å²) in [5.74, 6) is -0.0819. The van der Waals surface area contributed by atoms with Crippen LogP contribution in [-0.4, -0.2) is 43.4 Å². The Kier molecular flexibility index (Phi) is 4.57. The molecule has 0 radical (unpaired) electrons. The molecule has 4 rings (SSSR count). The van der Waals surface area contributed by atoms with Crippen LogP contribution in [0.5, 0.6) is 0 Å². The number of aromatic nitrogens is 1. The van der Waals surface area contributed by atoms with Gasteiger partial charge in [-0.05, 0) is 24.3 Å². The number of rotatable bonds is 4. The van der Waals surface area contributed by atoms with Crippen LogP contribution in [0.15, 0.2) is 36.4 Å². The number of benzene rings is 1. The molecule has 3 aromatic rings. The summed E-state index contributed by atoms with van der Waals surface area (Å²) >= 11 is 3.10. The molecule has 1 amide bonds. The third-order valence-electron chi connectivity index (χ3n) is 3.71. The lowest BCUT2D eigenvalue weighted by molar-refractivity contribution is -0.0855. The van der Waals surface area contributed by atoms with Crippen molar-refractivity contribution in [1.82, 2.24) is 10.3 Å². The van der Waals surface area contributed by atoms with E-state index in [1.807, 2.05) is 30.3 Å². The Labute approximate surface area is 147 Å². The molecule has 1 unspecified atom stereocenters. The molecule has 1 N–H and O–H groups in total. The highest BCUT2D eigenvalue weighted by Crippen LogP contribution is 2.34. The standard InChI is InChI=1S/C17H16N2O3S2/c20-16(18-9-11-10-21-7-8-22-11)14-5-6-15(23-14)17-19-12-3-1-2-4-13(12)24-17/h1-6,11H,7-10H2,(H,18,20). The van der Waals surface area contributed by atoms with Crippen molar-refractivity contribution < 1.29 is 14.3 Å². The molecule has 124 valence electrons. The summed E-state index contributed by atoms with van der Waals surface area (Å²) in [5, 5.41) is 3.86. The van der Waals surface area contributed by atoms with Crippen LogP contribution in [0.1, 0.15) is 9.67 Å². The van der Waals surface area contributed by atoms with Crippen molar-refractivity contribution in [2.75, 3.05) is 26.4 Å². The van der Waals surface area contributed by atoms with E-state index in [9.17, 15) is 4.79 Å². The van der Waals surface area contributed by atoms with Crippen LogP contribution < -0.4 is 5.32 Å². The maximum atomic E-state index is 12.3. The zero-order chi connectivity index (χ0) is 16.4. The Hall–Kier alpha value is -1.80. The minimum atomic E-state index is -0.0819. The second kappa shape index (κ2) is 6.98. The number of hydrogen-bond donors (Lipinski definition) is 1. The molecular formula is C17H16N2O3S2. The maximum absolute atomic E-state index is 12.3. The van der Waals surface area contributed by atoms with Crippen molar-refractivity contribution in [2.24, 2.45) is 0 Å². The van der Waals surface area contributed by atoms with Gasteiger partial charge >= 0.3 is 0 Å². The number of ether oxygens (including phenoxy) is 2. The van der Waals surface area contributed by atoms with Gasteiger partial charge in [0.05, 0.1) is 45.9 Å². The first kappa shape index (κ1) is 15.7. The van der Waals surface area contributed by atoms with Gasteiger partial charge in [0, 0.05) is 6.54 Å². The van der Waals surface area contributed by atoms with Crippen LogP contribution in [0.4, 0.5) is 0 Å². The van der Waals surface area contributed by atoms with E-state index in [1.54, 1.807) is 11.3 Å². The number of amides is 1. The molecule has 1 atom stereocenters. The molecule has 1 saturated heterocycles. The molecule has 0 spiro atoms. The predicted molar refractivity (Wildman–Crippen MR) is 95.8 cm³/mol. The monoisotopic (exact) mass is 360 g/mol. The van der Waals surface area contributed by atoms with Crippen LogP contribution >= 0.6 is 22.7 Å². The van der Waals surface area contributed by atoms with E-state index in [-0.39, 0.29) is 12.0 Å². The summed E-state index contributed by atoms with van der Waals surface area (Å²) in [6.45, 7) is 2.21. The summed E-state index contributed by atoms with van der Waals surface area (Å²) in [6, 6.07) is 11.9. The van der Waals surface area contributed by atoms with Crippen molar-refractivity contribution in [3.8, 4) is 9.88 Å². The number of thiazole rings is 1.